The van der Waals surface area contributed by atoms with E-state index in [1.807, 2.05) is 0 Å². The number of primary amides is 1. The number of carbonyl (C=O) groups excluding carboxylic acids is 2. The van der Waals surface area contributed by atoms with E-state index in [2.05, 4.69) is 9.97 Å². The van der Waals surface area contributed by atoms with Crippen molar-refractivity contribution < 1.29 is 18.4 Å². The first kappa shape index (κ1) is 16.0. The largest absolute Gasteiger partial charge is 0.367 e. The maximum Gasteiger partial charge on any atom is 0.261 e. The Morgan fingerprint density at radius 1 is 1.21 bits per heavy atom. The van der Waals surface area contributed by atoms with E-state index in [9.17, 15) is 18.4 Å². The third kappa shape index (κ3) is 2.31. The van der Waals surface area contributed by atoms with Crippen LogP contribution in [0.3, 0.4) is 0 Å². The Morgan fingerprint density at radius 2 is 1.92 bits per heavy atom. The molecule has 0 saturated carbocycles. The lowest BCUT2D eigenvalue weighted by atomic mass is 9.90. The summed E-state index contributed by atoms with van der Waals surface area (Å²) in [7, 11) is 0. The van der Waals surface area contributed by atoms with Crippen LogP contribution in [0.5, 0.6) is 0 Å². The number of hydrogen-bond acceptors (Lipinski definition) is 4. The summed E-state index contributed by atoms with van der Waals surface area (Å²) in [5.74, 6) is -3.74. The van der Waals surface area contributed by atoms with Crippen LogP contribution >= 0.6 is 0 Å². The highest BCUT2D eigenvalue weighted by Crippen LogP contribution is 2.39. The van der Waals surface area contributed by atoms with Crippen molar-refractivity contribution >= 4 is 11.8 Å². The molecule has 0 bridgehead atoms. The van der Waals surface area contributed by atoms with Gasteiger partial charge in [-0.2, -0.15) is 0 Å². The van der Waals surface area contributed by atoms with Crippen LogP contribution in [-0.4, -0.2) is 33.2 Å². The van der Waals surface area contributed by atoms with Gasteiger partial charge in [0, 0.05) is 18.9 Å². The van der Waals surface area contributed by atoms with Gasteiger partial charge in [-0.15, -0.1) is 0 Å². The molecule has 2 amide bonds. The van der Waals surface area contributed by atoms with Gasteiger partial charge in [0.1, 0.15) is 17.2 Å². The van der Waals surface area contributed by atoms with Crippen LogP contribution in [0.2, 0.25) is 0 Å². The van der Waals surface area contributed by atoms with Gasteiger partial charge in [0.2, 0.25) is 5.91 Å². The van der Waals surface area contributed by atoms with Crippen molar-refractivity contribution in [1.82, 2.24) is 14.9 Å². The number of benzene rings is 1. The minimum absolute atomic E-state index is 0.131. The van der Waals surface area contributed by atoms with E-state index in [4.69, 9.17) is 5.73 Å². The molecule has 1 aliphatic heterocycles. The molecule has 2 aromatic rings. The summed E-state index contributed by atoms with van der Waals surface area (Å²) in [5.41, 5.74) is 3.46. The Hall–Kier alpha value is -2.90. The molecule has 2 N–H and O–H groups in total. The molecule has 1 aliphatic rings. The van der Waals surface area contributed by atoms with Gasteiger partial charge in [0.05, 0.1) is 11.9 Å². The predicted molar refractivity (Wildman–Crippen MR) is 79.5 cm³/mol. The van der Waals surface area contributed by atoms with E-state index in [0.29, 0.717) is 6.42 Å². The molecule has 124 valence electrons. The molecule has 0 unspecified atom stereocenters. The van der Waals surface area contributed by atoms with Gasteiger partial charge in [0.15, 0.2) is 5.54 Å². The van der Waals surface area contributed by atoms with Crippen molar-refractivity contribution in [2.75, 3.05) is 6.54 Å². The molecule has 6 nitrogen and oxygen atoms in total. The van der Waals surface area contributed by atoms with Crippen molar-refractivity contribution in [3.8, 4) is 0 Å². The molecular formula is C16H14F2N4O2. The summed E-state index contributed by atoms with van der Waals surface area (Å²) < 4.78 is 28.0. The number of carbonyl (C=O) groups is 2. The third-order valence-electron chi connectivity index (χ3n) is 4.20. The number of amides is 2. The summed E-state index contributed by atoms with van der Waals surface area (Å²) >= 11 is 0. The average molecular weight is 332 g/mol. The molecule has 1 aromatic heterocycles. The number of nitrogens with zero attached hydrogens (tertiary/aromatic N) is 3. The standard InChI is InChI=1S/C16H14F2N4O2/c17-10-3-1-4-11(18)13(10)14(23)22-8-2-5-16(22,15(19)24)12-9-20-6-7-21-12/h1,3-4,6-7,9H,2,5,8H2,(H2,19,24)/t16-/m1/s1. The number of halogens is 2. The fourth-order valence-corrected chi connectivity index (χ4v) is 3.09. The van der Waals surface area contributed by atoms with Crippen molar-refractivity contribution in [3.63, 3.8) is 0 Å². The molecule has 3 rings (SSSR count). The quantitative estimate of drug-likeness (QED) is 0.919. The SMILES string of the molecule is NC(=O)[C@]1(c2cnccn2)CCCN1C(=O)c1c(F)cccc1F. The fourth-order valence-electron chi connectivity index (χ4n) is 3.09. The number of hydrogen-bond donors (Lipinski definition) is 1. The molecule has 1 atom stereocenters. The number of likely N-dealkylation sites (tertiary alicyclic amines) is 1. The molecule has 0 spiro atoms. The molecule has 2 heterocycles. The van der Waals surface area contributed by atoms with Crippen molar-refractivity contribution in [3.05, 3.63) is 59.7 Å². The van der Waals surface area contributed by atoms with E-state index in [1.165, 1.54) is 18.6 Å². The van der Waals surface area contributed by atoms with Crippen LogP contribution in [0.15, 0.2) is 36.8 Å². The summed E-state index contributed by atoms with van der Waals surface area (Å²) in [6, 6.07) is 3.14. The van der Waals surface area contributed by atoms with E-state index in [1.54, 1.807) is 0 Å². The van der Waals surface area contributed by atoms with E-state index >= 15 is 0 Å². The number of aromatic nitrogens is 2. The molecule has 1 fully saturated rings. The molecule has 1 saturated heterocycles. The second-order valence-electron chi connectivity index (χ2n) is 5.47. The molecule has 24 heavy (non-hydrogen) atoms. The van der Waals surface area contributed by atoms with Gasteiger partial charge in [-0.05, 0) is 25.0 Å². The first-order valence-corrected chi connectivity index (χ1v) is 7.31. The Labute approximate surface area is 136 Å². The Morgan fingerprint density at radius 3 is 2.50 bits per heavy atom. The zero-order valence-electron chi connectivity index (χ0n) is 12.6. The Bertz CT molecular complexity index is 780. The average Bonchev–Trinajstić information content (AvgIpc) is 3.01. The summed E-state index contributed by atoms with van der Waals surface area (Å²) in [4.78, 5) is 34.1. The fraction of sp³-hybridized carbons (Fsp3) is 0.250. The van der Waals surface area contributed by atoms with Crippen LogP contribution in [0, 0.1) is 11.6 Å². The summed E-state index contributed by atoms with van der Waals surface area (Å²) in [6.07, 6.45) is 4.76. The van der Waals surface area contributed by atoms with Gasteiger partial charge in [-0.1, -0.05) is 6.07 Å². The van der Waals surface area contributed by atoms with Crippen LogP contribution in [0.1, 0.15) is 28.9 Å². The lowest BCUT2D eigenvalue weighted by Gasteiger charge is -2.35. The second-order valence-corrected chi connectivity index (χ2v) is 5.47. The maximum atomic E-state index is 14.0. The molecule has 8 heteroatoms. The van der Waals surface area contributed by atoms with Gasteiger partial charge in [0.25, 0.3) is 5.91 Å². The predicted octanol–water partition coefficient (Wildman–Crippen LogP) is 1.37. The minimum Gasteiger partial charge on any atom is -0.367 e. The monoisotopic (exact) mass is 332 g/mol. The third-order valence-corrected chi connectivity index (χ3v) is 4.20. The normalized spacial score (nSPS) is 20.2. The second kappa shape index (κ2) is 5.95. The lowest BCUT2D eigenvalue weighted by molar-refractivity contribution is -0.128. The van der Waals surface area contributed by atoms with E-state index in [-0.39, 0.29) is 18.7 Å². The number of nitrogens with two attached hydrogens (primary N) is 1. The Kier molecular flexibility index (Phi) is 3.96. The summed E-state index contributed by atoms with van der Waals surface area (Å²) in [6.45, 7) is 0.131. The lowest BCUT2D eigenvalue weighted by Crippen LogP contribution is -2.54. The zero-order valence-corrected chi connectivity index (χ0v) is 12.6. The highest BCUT2D eigenvalue weighted by Gasteiger charge is 2.52. The molecule has 0 aliphatic carbocycles. The van der Waals surface area contributed by atoms with Crippen molar-refractivity contribution in [2.45, 2.75) is 18.4 Å². The summed E-state index contributed by atoms with van der Waals surface area (Å²) in [5, 5.41) is 0. The van der Waals surface area contributed by atoms with Crippen molar-refractivity contribution in [2.24, 2.45) is 5.73 Å². The van der Waals surface area contributed by atoms with E-state index in [0.717, 1.165) is 23.1 Å². The van der Waals surface area contributed by atoms with Crippen molar-refractivity contribution in [1.29, 1.82) is 0 Å². The smallest absolute Gasteiger partial charge is 0.261 e. The van der Waals surface area contributed by atoms with Crippen LogP contribution in [0.4, 0.5) is 8.78 Å². The highest BCUT2D eigenvalue weighted by molar-refractivity contribution is 6.00. The van der Waals surface area contributed by atoms with Crippen LogP contribution in [-0.2, 0) is 10.3 Å². The molecule has 1 aromatic carbocycles. The first-order valence-electron chi connectivity index (χ1n) is 7.31. The van der Waals surface area contributed by atoms with Gasteiger partial charge < -0.3 is 10.6 Å². The zero-order chi connectivity index (χ0) is 17.3. The van der Waals surface area contributed by atoms with Crippen LogP contribution in [0.25, 0.3) is 0 Å². The van der Waals surface area contributed by atoms with Gasteiger partial charge in [-0.25, -0.2) is 8.78 Å². The highest BCUT2D eigenvalue weighted by atomic mass is 19.1. The number of rotatable bonds is 3. The molecule has 0 radical (unpaired) electrons. The van der Waals surface area contributed by atoms with Gasteiger partial charge in [-0.3, -0.25) is 19.6 Å². The van der Waals surface area contributed by atoms with Crippen LogP contribution < -0.4 is 5.73 Å². The van der Waals surface area contributed by atoms with Gasteiger partial charge >= 0.3 is 0 Å². The molecular weight excluding hydrogens is 318 g/mol. The topological polar surface area (TPSA) is 89.2 Å². The maximum absolute atomic E-state index is 14.0. The minimum atomic E-state index is -1.57. The Balaban J connectivity index is 2.12. The van der Waals surface area contributed by atoms with E-state index < -0.39 is 34.6 Å². The first-order chi connectivity index (χ1) is 11.5.